The number of aliphatic hydroxyl groups is 1. The highest BCUT2D eigenvalue weighted by Gasteiger charge is 2.41. The summed E-state index contributed by atoms with van der Waals surface area (Å²) in [7, 11) is 3.88. The van der Waals surface area contributed by atoms with E-state index in [4.69, 9.17) is 0 Å². The monoisotopic (exact) mass is 341 g/mol. The van der Waals surface area contributed by atoms with Crippen molar-refractivity contribution in [3.8, 4) is 0 Å². The van der Waals surface area contributed by atoms with Gasteiger partial charge in [0, 0.05) is 38.3 Å². The van der Waals surface area contributed by atoms with Crippen molar-refractivity contribution in [2.75, 3.05) is 40.3 Å². The molecule has 0 aliphatic carbocycles. The van der Waals surface area contributed by atoms with Crippen molar-refractivity contribution in [2.24, 2.45) is 0 Å². The lowest BCUT2D eigenvalue weighted by Crippen LogP contribution is -2.58. The van der Waals surface area contributed by atoms with Gasteiger partial charge in [0.25, 0.3) is 5.91 Å². The van der Waals surface area contributed by atoms with Gasteiger partial charge in [-0.05, 0) is 33.0 Å². The third kappa shape index (κ3) is 4.49. The topological polar surface area (TPSA) is 55.8 Å². The summed E-state index contributed by atoms with van der Waals surface area (Å²) in [4.78, 5) is 16.0. The summed E-state index contributed by atoms with van der Waals surface area (Å²) in [5.74, 6) is -2.31. The molecule has 24 heavy (non-hydrogen) atoms. The van der Waals surface area contributed by atoms with Crippen LogP contribution in [0.5, 0.6) is 0 Å². The predicted octanol–water partition coefficient (Wildman–Crippen LogP) is 0.970. The van der Waals surface area contributed by atoms with E-state index in [1.54, 1.807) is 0 Å². The fraction of sp³-hybridized carbons (Fsp3) is 0.588. The van der Waals surface area contributed by atoms with Crippen LogP contribution in [0.3, 0.4) is 0 Å². The molecule has 7 heteroatoms. The van der Waals surface area contributed by atoms with Crippen LogP contribution in [-0.4, -0.2) is 66.7 Å². The summed E-state index contributed by atoms with van der Waals surface area (Å²) in [6.45, 7) is 1.99. The van der Waals surface area contributed by atoms with Crippen LogP contribution in [0.25, 0.3) is 0 Å². The van der Waals surface area contributed by atoms with E-state index in [-0.39, 0.29) is 18.7 Å². The summed E-state index contributed by atoms with van der Waals surface area (Å²) in [5.41, 5.74) is -1.37. The average Bonchev–Trinajstić information content (AvgIpc) is 2.53. The Morgan fingerprint density at radius 3 is 2.83 bits per heavy atom. The third-order valence-corrected chi connectivity index (χ3v) is 4.25. The molecule has 5 nitrogen and oxygen atoms in total. The van der Waals surface area contributed by atoms with E-state index in [1.165, 1.54) is 17.0 Å². The van der Waals surface area contributed by atoms with Gasteiger partial charge in [0.2, 0.25) is 0 Å². The molecule has 1 saturated heterocycles. The van der Waals surface area contributed by atoms with Gasteiger partial charge in [-0.25, -0.2) is 8.78 Å². The van der Waals surface area contributed by atoms with E-state index in [0.717, 1.165) is 12.6 Å². The fourth-order valence-corrected chi connectivity index (χ4v) is 2.85. The van der Waals surface area contributed by atoms with Crippen LogP contribution in [0.4, 0.5) is 8.78 Å². The molecule has 134 valence electrons. The summed E-state index contributed by atoms with van der Waals surface area (Å²) < 4.78 is 27.1. The number of rotatable bonds is 7. The quantitative estimate of drug-likeness (QED) is 0.726. The van der Waals surface area contributed by atoms with E-state index >= 15 is 0 Å². The molecule has 2 N–H and O–H groups in total. The number of amides is 1. The molecule has 1 aliphatic heterocycles. The maximum Gasteiger partial charge on any atom is 0.256 e. The number of nitrogens with zero attached hydrogens (tertiary/aromatic N) is 2. The molecule has 1 fully saturated rings. The van der Waals surface area contributed by atoms with E-state index < -0.39 is 23.1 Å². The van der Waals surface area contributed by atoms with Crippen molar-refractivity contribution in [3.05, 3.63) is 35.4 Å². The first kappa shape index (κ1) is 18.8. The number of likely N-dealkylation sites (tertiary alicyclic amines) is 1. The van der Waals surface area contributed by atoms with Crippen molar-refractivity contribution >= 4 is 5.91 Å². The smallest absolute Gasteiger partial charge is 0.256 e. The molecule has 1 heterocycles. The molecule has 0 bridgehead atoms. The Morgan fingerprint density at radius 1 is 1.38 bits per heavy atom. The number of likely N-dealkylation sites (N-methyl/N-ethyl adjacent to an activating group) is 1. The second kappa shape index (κ2) is 8.00. The number of carbonyl (C=O) groups is 1. The molecule has 0 aromatic heterocycles. The lowest BCUT2D eigenvalue weighted by atomic mass is 9.91. The zero-order valence-corrected chi connectivity index (χ0v) is 14.2. The molecule has 1 aliphatic rings. The van der Waals surface area contributed by atoms with Crippen LogP contribution >= 0.6 is 0 Å². The Morgan fingerprint density at radius 2 is 2.12 bits per heavy atom. The van der Waals surface area contributed by atoms with Gasteiger partial charge in [-0.15, -0.1) is 0 Å². The Bertz CT molecular complexity index is 583. The molecule has 1 aromatic carbocycles. The zero-order chi connectivity index (χ0) is 17.7. The van der Waals surface area contributed by atoms with Crippen molar-refractivity contribution in [1.82, 2.24) is 15.1 Å². The zero-order valence-electron chi connectivity index (χ0n) is 14.2. The molecule has 0 spiro atoms. The lowest BCUT2D eigenvalue weighted by Gasteiger charge is -2.38. The largest absolute Gasteiger partial charge is 0.379 e. The third-order valence-electron chi connectivity index (χ3n) is 4.25. The molecule has 1 atom stereocenters. The summed E-state index contributed by atoms with van der Waals surface area (Å²) in [6, 6.07) is 3.91. The van der Waals surface area contributed by atoms with Gasteiger partial charge >= 0.3 is 0 Å². The number of hydrogen-bond donors (Lipinski definition) is 2. The number of nitrogens with one attached hydrogen (secondary N) is 1. The first-order valence-corrected chi connectivity index (χ1v) is 8.13. The minimum atomic E-state index is -1.49. The molecule has 2 rings (SSSR count). The van der Waals surface area contributed by atoms with Gasteiger partial charge in [-0.1, -0.05) is 12.1 Å². The van der Waals surface area contributed by atoms with Gasteiger partial charge in [0.1, 0.15) is 0 Å². The number of piperidine rings is 1. The second-order valence-corrected chi connectivity index (χ2v) is 6.55. The first-order valence-electron chi connectivity index (χ1n) is 8.13. The molecular weight excluding hydrogens is 316 g/mol. The Labute approximate surface area is 141 Å². The molecule has 0 unspecified atom stereocenters. The van der Waals surface area contributed by atoms with Gasteiger partial charge in [-0.3, -0.25) is 4.79 Å². The standard InChI is InChI=1S/C17H25F2N3O2/c1-21(2)10-8-20-12-17(24)7-4-9-22(16(17)23)11-13-5-3-6-14(18)15(13)19/h3,5-6,20,24H,4,7-12H2,1-2H3/t17-/m1/s1. The molecule has 0 saturated carbocycles. The number of hydrogen-bond acceptors (Lipinski definition) is 4. The number of benzene rings is 1. The van der Waals surface area contributed by atoms with Gasteiger partial charge < -0.3 is 20.2 Å². The van der Waals surface area contributed by atoms with Crippen LogP contribution in [0.2, 0.25) is 0 Å². The molecule has 1 aromatic rings. The summed E-state index contributed by atoms with van der Waals surface area (Å²) >= 11 is 0. The van der Waals surface area contributed by atoms with Crippen LogP contribution in [0.15, 0.2) is 18.2 Å². The van der Waals surface area contributed by atoms with E-state index in [0.29, 0.717) is 25.9 Å². The predicted molar refractivity (Wildman–Crippen MR) is 87.4 cm³/mol. The van der Waals surface area contributed by atoms with E-state index in [2.05, 4.69) is 5.32 Å². The molecule has 0 radical (unpaired) electrons. The first-order chi connectivity index (χ1) is 11.3. The minimum Gasteiger partial charge on any atom is -0.379 e. The van der Waals surface area contributed by atoms with Crippen LogP contribution in [-0.2, 0) is 11.3 Å². The minimum absolute atomic E-state index is 0.0393. The highest BCUT2D eigenvalue weighted by Crippen LogP contribution is 2.24. The SMILES string of the molecule is CN(C)CCNC[C@]1(O)CCCN(Cc2cccc(F)c2F)C1=O. The summed E-state index contributed by atoms with van der Waals surface area (Å²) in [5, 5.41) is 13.7. The van der Waals surface area contributed by atoms with Crippen molar-refractivity contribution < 1.29 is 18.7 Å². The molecular formula is C17H25F2N3O2. The number of carbonyl (C=O) groups excluding carboxylic acids is 1. The fourth-order valence-electron chi connectivity index (χ4n) is 2.85. The van der Waals surface area contributed by atoms with Gasteiger partial charge in [0.15, 0.2) is 17.2 Å². The maximum absolute atomic E-state index is 13.8. The summed E-state index contributed by atoms with van der Waals surface area (Å²) in [6.07, 6.45) is 0.984. The normalized spacial score (nSPS) is 21.6. The van der Waals surface area contributed by atoms with Gasteiger partial charge in [-0.2, -0.15) is 0 Å². The van der Waals surface area contributed by atoms with Crippen molar-refractivity contribution in [2.45, 2.75) is 25.0 Å². The van der Waals surface area contributed by atoms with E-state index in [9.17, 15) is 18.7 Å². The van der Waals surface area contributed by atoms with E-state index in [1.807, 2.05) is 19.0 Å². The van der Waals surface area contributed by atoms with Crippen LogP contribution < -0.4 is 5.32 Å². The van der Waals surface area contributed by atoms with Crippen molar-refractivity contribution in [3.63, 3.8) is 0 Å². The second-order valence-electron chi connectivity index (χ2n) is 6.55. The van der Waals surface area contributed by atoms with Crippen LogP contribution in [0, 0.1) is 11.6 Å². The Kier molecular flexibility index (Phi) is 6.26. The highest BCUT2D eigenvalue weighted by atomic mass is 19.2. The highest BCUT2D eigenvalue weighted by molar-refractivity contribution is 5.86. The Balaban J connectivity index is 1.99. The van der Waals surface area contributed by atoms with Gasteiger partial charge in [0.05, 0.1) is 0 Å². The van der Waals surface area contributed by atoms with Crippen molar-refractivity contribution in [1.29, 1.82) is 0 Å². The lowest BCUT2D eigenvalue weighted by molar-refractivity contribution is -0.157. The Hall–Kier alpha value is -1.57. The molecule has 1 amide bonds. The number of halogens is 2. The average molecular weight is 341 g/mol. The maximum atomic E-state index is 13.8. The van der Waals surface area contributed by atoms with Crippen LogP contribution in [0.1, 0.15) is 18.4 Å².